The number of methoxy groups -OCH3 is 1. The Balaban J connectivity index is 2.08. The molecule has 0 amide bonds. The van der Waals surface area contributed by atoms with Gasteiger partial charge < -0.3 is 19.5 Å². The van der Waals surface area contributed by atoms with Crippen LogP contribution in [-0.2, 0) is 35.1 Å². The lowest BCUT2D eigenvalue weighted by atomic mass is 9.76. The number of carbonyl (C=O) groups excluding carboxylic acids is 1. The summed E-state index contributed by atoms with van der Waals surface area (Å²) in [6, 6.07) is 10.7. The quantitative estimate of drug-likeness (QED) is 0.0922. The van der Waals surface area contributed by atoms with Crippen molar-refractivity contribution in [3.63, 3.8) is 0 Å². The summed E-state index contributed by atoms with van der Waals surface area (Å²) < 4.78 is 44.8. The van der Waals surface area contributed by atoms with E-state index in [4.69, 9.17) is 25.8 Å². The van der Waals surface area contributed by atoms with Gasteiger partial charge in [0, 0.05) is 12.1 Å². The minimum atomic E-state index is -3.84. The SMILES string of the molecule is CCOC(=O)C=C(Nc1cc(S(=O)(=O)NCCCOc2ccc(C(C)(C)CC)cc2C(C)(C)CC)ccc1Cl)OC. The van der Waals surface area contributed by atoms with Crippen LogP contribution >= 0.6 is 11.6 Å². The topological polar surface area (TPSA) is 103 Å². The van der Waals surface area contributed by atoms with Crippen molar-refractivity contribution >= 4 is 33.3 Å². The normalized spacial score (nSPS) is 12.7. The first-order chi connectivity index (χ1) is 19.2. The third-order valence-corrected chi connectivity index (χ3v) is 9.18. The fraction of sp³-hybridized carbons (Fsp3) is 0.516. The highest BCUT2D eigenvalue weighted by Gasteiger charge is 2.26. The molecule has 0 fully saturated rings. The predicted molar refractivity (Wildman–Crippen MR) is 165 cm³/mol. The lowest BCUT2D eigenvalue weighted by molar-refractivity contribution is -0.137. The molecule has 2 aromatic rings. The van der Waals surface area contributed by atoms with E-state index in [2.05, 4.69) is 63.7 Å². The van der Waals surface area contributed by atoms with Crippen LogP contribution in [0.15, 0.2) is 53.3 Å². The van der Waals surface area contributed by atoms with Gasteiger partial charge in [-0.15, -0.1) is 0 Å². The first-order valence-corrected chi connectivity index (χ1v) is 15.8. The molecule has 10 heteroatoms. The molecular formula is C31H45ClN2O6S. The molecule has 2 rings (SSSR count). The smallest absolute Gasteiger partial charge is 0.336 e. The van der Waals surface area contributed by atoms with Crippen LogP contribution in [0.3, 0.4) is 0 Å². The summed E-state index contributed by atoms with van der Waals surface area (Å²) in [4.78, 5) is 11.8. The maximum Gasteiger partial charge on any atom is 0.336 e. The van der Waals surface area contributed by atoms with E-state index in [1.165, 1.54) is 30.9 Å². The first kappa shape index (κ1) is 34.5. The van der Waals surface area contributed by atoms with E-state index < -0.39 is 16.0 Å². The maximum absolute atomic E-state index is 13.0. The van der Waals surface area contributed by atoms with E-state index in [1.54, 1.807) is 6.92 Å². The highest BCUT2D eigenvalue weighted by Crippen LogP contribution is 2.38. The highest BCUT2D eigenvalue weighted by atomic mass is 35.5. The van der Waals surface area contributed by atoms with Crippen LogP contribution in [0.1, 0.15) is 78.9 Å². The van der Waals surface area contributed by atoms with Crippen LogP contribution in [0.25, 0.3) is 0 Å². The standard InChI is InChI=1S/C31H45ClN2O6S/c1-9-30(4,5)22-13-16-27(24(19-22)31(6,7)10-2)40-18-12-17-33-41(36,37)23-14-15-25(32)26(20-23)34-28(38-8)21-29(35)39-11-3/h13-16,19-21,33-34H,9-12,17-18H2,1-8H3. The number of hydrogen-bond acceptors (Lipinski definition) is 7. The molecule has 0 saturated carbocycles. The second-order valence-corrected chi connectivity index (χ2v) is 13.2. The van der Waals surface area contributed by atoms with Crippen LogP contribution in [-0.4, -0.2) is 41.3 Å². The van der Waals surface area contributed by atoms with Crippen molar-refractivity contribution in [3.8, 4) is 5.75 Å². The molecule has 0 aromatic heterocycles. The van der Waals surface area contributed by atoms with E-state index >= 15 is 0 Å². The summed E-state index contributed by atoms with van der Waals surface area (Å²) >= 11 is 6.25. The van der Waals surface area contributed by atoms with E-state index in [1.807, 2.05) is 6.07 Å². The summed E-state index contributed by atoms with van der Waals surface area (Å²) in [6.07, 6.45) is 3.58. The molecule has 2 N–H and O–H groups in total. The molecule has 0 aliphatic heterocycles. The molecule has 0 saturated heterocycles. The molecule has 0 atom stereocenters. The van der Waals surface area contributed by atoms with Gasteiger partial charge in [-0.1, -0.05) is 65.3 Å². The van der Waals surface area contributed by atoms with E-state index in [0.717, 1.165) is 30.2 Å². The van der Waals surface area contributed by atoms with Crippen LogP contribution in [0.4, 0.5) is 5.69 Å². The van der Waals surface area contributed by atoms with E-state index in [-0.39, 0.29) is 45.5 Å². The molecule has 0 heterocycles. The van der Waals surface area contributed by atoms with Crippen molar-refractivity contribution in [2.24, 2.45) is 0 Å². The molecule has 0 bridgehead atoms. The van der Waals surface area contributed by atoms with Gasteiger partial charge in [0.15, 0.2) is 5.88 Å². The van der Waals surface area contributed by atoms with Crippen LogP contribution < -0.4 is 14.8 Å². The molecule has 8 nitrogen and oxygen atoms in total. The van der Waals surface area contributed by atoms with Gasteiger partial charge in [0.1, 0.15) is 5.75 Å². The Labute approximate surface area is 250 Å². The number of halogens is 1. The fourth-order valence-corrected chi connectivity index (χ4v) is 5.15. The van der Waals surface area contributed by atoms with Crippen molar-refractivity contribution in [3.05, 3.63) is 64.5 Å². The number of hydrogen-bond donors (Lipinski definition) is 2. The van der Waals surface area contributed by atoms with E-state index in [0.29, 0.717) is 13.0 Å². The minimum Gasteiger partial charge on any atom is -0.493 e. The number of esters is 1. The van der Waals surface area contributed by atoms with Gasteiger partial charge in [0.2, 0.25) is 10.0 Å². The predicted octanol–water partition coefficient (Wildman–Crippen LogP) is 6.93. The number of carbonyl (C=O) groups is 1. The summed E-state index contributed by atoms with van der Waals surface area (Å²) in [5.41, 5.74) is 2.70. The van der Waals surface area contributed by atoms with Gasteiger partial charge in [-0.05, 0) is 66.8 Å². The van der Waals surface area contributed by atoms with Gasteiger partial charge >= 0.3 is 5.97 Å². The Bertz CT molecular complexity index is 1320. The summed E-state index contributed by atoms with van der Waals surface area (Å²) in [7, 11) is -2.47. The second-order valence-electron chi connectivity index (χ2n) is 11.0. The Morgan fingerprint density at radius 2 is 1.68 bits per heavy atom. The summed E-state index contributed by atoms with van der Waals surface area (Å²) in [6.45, 7) is 15.7. The Morgan fingerprint density at radius 3 is 2.29 bits per heavy atom. The maximum atomic E-state index is 13.0. The van der Waals surface area contributed by atoms with Gasteiger partial charge in [-0.3, -0.25) is 0 Å². The monoisotopic (exact) mass is 608 g/mol. The molecular weight excluding hydrogens is 564 g/mol. The Morgan fingerprint density at radius 1 is 1.00 bits per heavy atom. The van der Waals surface area contributed by atoms with Gasteiger partial charge in [-0.25, -0.2) is 17.9 Å². The van der Waals surface area contributed by atoms with Gasteiger partial charge in [0.05, 0.1) is 42.0 Å². The van der Waals surface area contributed by atoms with Crippen LogP contribution in [0.2, 0.25) is 5.02 Å². The fourth-order valence-electron chi connectivity index (χ4n) is 3.88. The lowest BCUT2D eigenvalue weighted by Gasteiger charge is -2.30. The Hall–Kier alpha value is -2.75. The Kier molecular flexibility index (Phi) is 12.5. The third kappa shape index (κ3) is 9.65. The van der Waals surface area contributed by atoms with Crippen LogP contribution in [0.5, 0.6) is 5.75 Å². The van der Waals surface area contributed by atoms with Gasteiger partial charge in [0.25, 0.3) is 0 Å². The number of rotatable bonds is 16. The lowest BCUT2D eigenvalue weighted by Crippen LogP contribution is -2.26. The minimum absolute atomic E-state index is 0.0121. The number of benzene rings is 2. The van der Waals surface area contributed by atoms with Crippen LogP contribution in [0, 0.1) is 0 Å². The summed E-state index contributed by atoms with van der Waals surface area (Å²) in [5.74, 6) is 0.280. The molecule has 0 aliphatic carbocycles. The average molecular weight is 609 g/mol. The molecule has 228 valence electrons. The molecule has 0 unspecified atom stereocenters. The zero-order valence-corrected chi connectivity index (χ0v) is 27.1. The molecule has 41 heavy (non-hydrogen) atoms. The zero-order chi connectivity index (χ0) is 30.8. The van der Waals surface area contributed by atoms with Crippen molar-refractivity contribution in [2.45, 2.75) is 83.5 Å². The molecule has 0 radical (unpaired) electrons. The molecule has 2 aromatic carbocycles. The largest absolute Gasteiger partial charge is 0.493 e. The first-order valence-electron chi connectivity index (χ1n) is 14.0. The number of anilines is 1. The zero-order valence-electron chi connectivity index (χ0n) is 25.5. The molecule has 0 aliphatic rings. The van der Waals surface area contributed by atoms with Gasteiger partial charge in [-0.2, -0.15) is 0 Å². The van der Waals surface area contributed by atoms with Crippen molar-refractivity contribution in [1.29, 1.82) is 0 Å². The van der Waals surface area contributed by atoms with E-state index in [9.17, 15) is 13.2 Å². The van der Waals surface area contributed by atoms with Crippen molar-refractivity contribution in [1.82, 2.24) is 4.72 Å². The number of sulfonamides is 1. The second kappa shape index (κ2) is 14.9. The number of ether oxygens (including phenoxy) is 3. The average Bonchev–Trinajstić information content (AvgIpc) is 2.93. The highest BCUT2D eigenvalue weighted by molar-refractivity contribution is 7.89. The number of nitrogens with one attached hydrogen (secondary N) is 2. The van der Waals surface area contributed by atoms with Crippen molar-refractivity contribution < 1.29 is 27.4 Å². The van der Waals surface area contributed by atoms with Crippen molar-refractivity contribution in [2.75, 3.05) is 32.2 Å². The third-order valence-electron chi connectivity index (χ3n) is 7.39. The summed E-state index contributed by atoms with van der Waals surface area (Å²) in [5, 5.41) is 3.08. The molecule has 0 spiro atoms.